The minimum Gasteiger partial charge on any atom is -0.385 e. The van der Waals surface area contributed by atoms with Crippen molar-refractivity contribution in [3.8, 4) is 0 Å². The van der Waals surface area contributed by atoms with Gasteiger partial charge in [-0.2, -0.15) is 0 Å². The first-order valence-corrected chi connectivity index (χ1v) is 5.38. The van der Waals surface area contributed by atoms with Gasteiger partial charge in [0, 0.05) is 23.1 Å². The summed E-state index contributed by atoms with van der Waals surface area (Å²) >= 11 is 3.46. The van der Waals surface area contributed by atoms with Gasteiger partial charge in [0.15, 0.2) is 0 Å². The second kappa shape index (κ2) is 5.15. The Morgan fingerprint density at radius 2 is 2.21 bits per heavy atom. The lowest BCUT2D eigenvalue weighted by atomic mass is 10.2. The van der Waals surface area contributed by atoms with Crippen LogP contribution < -0.4 is 5.32 Å². The fourth-order valence-corrected chi connectivity index (χ4v) is 1.46. The number of aryl methyl sites for hydroxylation is 1. The standard InChI is InChI=1S/C11H14BrNO/c1-8-3-4-10(7-11(8)12)13-6-5-9(2)14/h3-4,7,13H,5-6H2,1-2H3. The average Bonchev–Trinajstić information content (AvgIpc) is 2.10. The van der Waals surface area contributed by atoms with Crippen LogP contribution in [-0.4, -0.2) is 12.3 Å². The van der Waals surface area contributed by atoms with Crippen LogP contribution in [0.5, 0.6) is 0 Å². The molecule has 1 aromatic rings. The number of hydrogen-bond donors (Lipinski definition) is 1. The Hall–Kier alpha value is -0.830. The number of carbonyl (C=O) groups is 1. The third kappa shape index (κ3) is 3.50. The first-order chi connectivity index (χ1) is 6.59. The van der Waals surface area contributed by atoms with Crippen LogP contribution in [0.4, 0.5) is 5.69 Å². The summed E-state index contributed by atoms with van der Waals surface area (Å²) in [6, 6.07) is 6.08. The number of carbonyl (C=O) groups excluding carboxylic acids is 1. The van der Waals surface area contributed by atoms with Gasteiger partial charge < -0.3 is 5.32 Å². The number of benzene rings is 1. The molecular formula is C11H14BrNO. The molecule has 0 amide bonds. The van der Waals surface area contributed by atoms with Crippen molar-refractivity contribution in [2.45, 2.75) is 20.3 Å². The predicted molar refractivity (Wildman–Crippen MR) is 62.7 cm³/mol. The summed E-state index contributed by atoms with van der Waals surface area (Å²) in [5.41, 5.74) is 2.26. The van der Waals surface area contributed by atoms with E-state index in [4.69, 9.17) is 0 Å². The molecule has 14 heavy (non-hydrogen) atoms. The summed E-state index contributed by atoms with van der Waals surface area (Å²) in [6.07, 6.45) is 0.575. The molecule has 0 bridgehead atoms. The van der Waals surface area contributed by atoms with Crippen molar-refractivity contribution in [1.29, 1.82) is 0 Å². The quantitative estimate of drug-likeness (QED) is 0.896. The lowest BCUT2D eigenvalue weighted by Gasteiger charge is -2.06. The van der Waals surface area contributed by atoms with Gasteiger partial charge in [0.1, 0.15) is 5.78 Å². The molecule has 0 aliphatic rings. The normalized spacial score (nSPS) is 9.93. The molecule has 0 fully saturated rings. The summed E-state index contributed by atoms with van der Waals surface area (Å²) in [7, 11) is 0. The Balaban J connectivity index is 2.51. The predicted octanol–water partition coefficient (Wildman–Crippen LogP) is 3.15. The lowest BCUT2D eigenvalue weighted by Crippen LogP contribution is -2.05. The Morgan fingerprint density at radius 3 is 2.79 bits per heavy atom. The zero-order valence-corrected chi connectivity index (χ0v) is 10.0. The maximum atomic E-state index is 10.7. The summed E-state index contributed by atoms with van der Waals surface area (Å²) in [4.78, 5) is 10.7. The molecule has 0 radical (unpaired) electrons. The average molecular weight is 256 g/mol. The number of Topliss-reactive ketones (excluding diaryl/α,β-unsaturated/α-hetero) is 1. The smallest absolute Gasteiger partial charge is 0.131 e. The van der Waals surface area contributed by atoms with Crippen LogP contribution >= 0.6 is 15.9 Å². The molecule has 0 saturated carbocycles. The number of nitrogens with one attached hydrogen (secondary N) is 1. The molecule has 1 rings (SSSR count). The number of rotatable bonds is 4. The fourth-order valence-electron chi connectivity index (χ4n) is 1.09. The molecule has 0 atom stereocenters. The highest BCUT2D eigenvalue weighted by molar-refractivity contribution is 9.10. The summed E-state index contributed by atoms with van der Waals surface area (Å²) in [5, 5.41) is 3.19. The Kier molecular flexibility index (Phi) is 4.14. The van der Waals surface area contributed by atoms with Gasteiger partial charge in [-0.05, 0) is 31.5 Å². The number of ketones is 1. The van der Waals surface area contributed by atoms with E-state index in [1.807, 2.05) is 25.1 Å². The van der Waals surface area contributed by atoms with E-state index in [2.05, 4.69) is 21.2 Å². The minimum absolute atomic E-state index is 0.212. The van der Waals surface area contributed by atoms with Gasteiger partial charge in [-0.25, -0.2) is 0 Å². The van der Waals surface area contributed by atoms with Crippen molar-refractivity contribution < 1.29 is 4.79 Å². The molecule has 1 aromatic carbocycles. The van der Waals surface area contributed by atoms with E-state index < -0.39 is 0 Å². The fraction of sp³-hybridized carbons (Fsp3) is 0.364. The highest BCUT2D eigenvalue weighted by Crippen LogP contribution is 2.20. The van der Waals surface area contributed by atoms with Crippen molar-refractivity contribution in [3.63, 3.8) is 0 Å². The van der Waals surface area contributed by atoms with Crippen molar-refractivity contribution in [2.75, 3.05) is 11.9 Å². The van der Waals surface area contributed by atoms with E-state index in [0.29, 0.717) is 13.0 Å². The maximum absolute atomic E-state index is 10.7. The van der Waals surface area contributed by atoms with E-state index in [9.17, 15) is 4.79 Å². The van der Waals surface area contributed by atoms with E-state index in [-0.39, 0.29) is 5.78 Å². The summed E-state index contributed by atoms with van der Waals surface area (Å²) in [5.74, 6) is 0.212. The van der Waals surface area contributed by atoms with Gasteiger partial charge in [-0.1, -0.05) is 22.0 Å². The zero-order chi connectivity index (χ0) is 10.6. The molecule has 0 aromatic heterocycles. The first kappa shape index (κ1) is 11.2. The molecular weight excluding hydrogens is 242 g/mol. The highest BCUT2D eigenvalue weighted by atomic mass is 79.9. The van der Waals surface area contributed by atoms with Gasteiger partial charge in [-0.15, -0.1) is 0 Å². The number of halogens is 1. The Bertz CT molecular complexity index is 336. The van der Waals surface area contributed by atoms with Crippen molar-refractivity contribution in [2.24, 2.45) is 0 Å². The monoisotopic (exact) mass is 255 g/mol. The van der Waals surface area contributed by atoms with Crippen LogP contribution in [-0.2, 0) is 4.79 Å². The van der Waals surface area contributed by atoms with Crippen LogP contribution in [0.2, 0.25) is 0 Å². The van der Waals surface area contributed by atoms with E-state index in [1.54, 1.807) is 6.92 Å². The molecule has 0 heterocycles. The van der Waals surface area contributed by atoms with E-state index >= 15 is 0 Å². The van der Waals surface area contributed by atoms with Crippen molar-refractivity contribution in [3.05, 3.63) is 28.2 Å². The molecule has 0 spiro atoms. The minimum atomic E-state index is 0.212. The molecule has 0 aliphatic heterocycles. The zero-order valence-electron chi connectivity index (χ0n) is 8.43. The highest BCUT2D eigenvalue weighted by Gasteiger charge is 1.97. The third-order valence-electron chi connectivity index (χ3n) is 1.98. The molecule has 0 unspecified atom stereocenters. The first-order valence-electron chi connectivity index (χ1n) is 4.59. The SMILES string of the molecule is CC(=O)CCNc1ccc(C)c(Br)c1. The molecule has 0 aliphatic carbocycles. The molecule has 1 N–H and O–H groups in total. The largest absolute Gasteiger partial charge is 0.385 e. The van der Waals surface area contributed by atoms with Crippen LogP contribution in [0, 0.1) is 6.92 Å². The second-order valence-corrected chi connectivity index (χ2v) is 4.20. The summed E-state index contributed by atoms with van der Waals surface area (Å²) < 4.78 is 1.09. The van der Waals surface area contributed by atoms with Crippen LogP contribution in [0.3, 0.4) is 0 Å². The van der Waals surface area contributed by atoms with Crippen LogP contribution in [0.15, 0.2) is 22.7 Å². The topological polar surface area (TPSA) is 29.1 Å². The Labute approximate surface area is 92.8 Å². The van der Waals surface area contributed by atoms with Crippen molar-refractivity contribution in [1.82, 2.24) is 0 Å². The second-order valence-electron chi connectivity index (χ2n) is 3.34. The van der Waals surface area contributed by atoms with Gasteiger partial charge >= 0.3 is 0 Å². The van der Waals surface area contributed by atoms with Gasteiger partial charge in [0.2, 0.25) is 0 Å². The van der Waals surface area contributed by atoms with Gasteiger partial charge in [0.05, 0.1) is 0 Å². The van der Waals surface area contributed by atoms with Gasteiger partial charge in [-0.3, -0.25) is 4.79 Å². The lowest BCUT2D eigenvalue weighted by molar-refractivity contribution is -0.116. The Morgan fingerprint density at radius 1 is 1.50 bits per heavy atom. The number of anilines is 1. The molecule has 3 heteroatoms. The molecule has 0 saturated heterocycles. The third-order valence-corrected chi connectivity index (χ3v) is 2.83. The maximum Gasteiger partial charge on any atom is 0.131 e. The van der Waals surface area contributed by atoms with Crippen LogP contribution in [0.25, 0.3) is 0 Å². The summed E-state index contributed by atoms with van der Waals surface area (Å²) in [6.45, 7) is 4.35. The van der Waals surface area contributed by atoms with E-state index in [1.165, 1.54) is 5.56 Å². The molecule has 76 valence electrons. The van der Waals surface area contributed by atoms with E-state index in [0.717, 1.165) is 10.2 Å². The van der Waals surface area contributed by atoms with Crippen molar-refractivity contribution >= 4 is 27.4 Å². The van der Waals surface area contributed by atoms with Gasteiger partial charge in [0.25, 0.3) is 0 Å². The van der Waals surface area contributed by atoms with Crippen LogP contribution in [0.1, 0.15) is 18.9 Å². The number of hydrogen-bond acceptors (Lipinski definition) is 2. The molecule has 2 nitrogen and oxygen atoms in total.